The highest BCUT2D eigenvalue weighted by molar-refractivity contribution is 6.18. The number of esters is 2. The summed E-state index contributed by atoms with van der Waals surface area (Å²) in [7, 11) is 1.63. The molecule has 20 atom stereocenters. The highest BCUT2D eigenvalue weighted by Gasteiger charge is 2.73. The number of hydrogen-bond acceptors (Lipinski definition) is 10. The number of aliphatic hydroxyl groups excluding tert-OH is 2. The van der Waals surface area contributed by atoms with Gasteiger partial charge in [0.05, 0.1) is 12.2 Å². The van der Waals surface area contributed by atoms with Crippen molar-refractivity contribution in [1.29, 1.82) is 0 Å². The van der Waals surface area contributed by atoms with Crippen molar-refractivity contribution in [2.75, 3.05) is 0 Å². The fraction of sp³-hybridized carbons (Fsp3) is 0.806. The van der Waals surface area contributed by atoms with E-state index in [4.69, 9.17) is 18.8 Å². The molecule has 417 valence electrons. The molecule has 13 heteroatoms. The number of carboxylic acid groups (broad SMARTS) is 2. The zero-order valence-corrected chi connectivity index (χ0v) is 48.2. The summed E-state index contributed by atoms with van der Waals surface area (Å²) in [4.78, 5) is 51.4. The van der Waals surface area contributed by atoms with Crippen molar-refractivity contribution in [2.45, 2.75) is 236 Å². The quantitative estimate of drug-likeness (QED) is 0.0559. The van der Waals surface area contributed by atoms with Crippen LogP contribution in [-0.2, 0) is 38.0 Å². The lowest BCUT2D eigenvalue weighted by molar-refractivity contribution is -0.235. The van der Waals surface area contributed by atoms with Gasteiger partial charge < -0.3 is 39.2 Å². The molecule has 8 aliphatic carbocycles. The Kier molecular flexibility index (Phi) is 16.3. The molecule has 12 nitrogen and oxygen atoms in total. The highest BCUT2D eigenvalue weighted by Crippen LogP contribution is 2.76. The fourth-order valence-corrected chi connectivity index (χ4v) is 20.1. The van der Waals surface area contributed by atoms with Crippen molar-refractivity contribution in [2.24, 2.45) is 79.8 Å². The SMILES string of the molecule is CC(=O)OC1CC2(C)C(CC(O)C3C4(C)CCC(O[B]OC5CCC6(C)C(CCC7(C)C6C(O)CC6/C(=C(\CCC=C(C)C)C(=O)O)C(OC(C)=O)CC67C)C5C)C(C)C4CCC32C)/C1=C(\CCC=C(C)C)C(=O)O. The van der Waals surface area contributed by atoms with Gasteiger partial charge in [-0.05, 0) is 221 Å². The van der Waals surface area contributed by atoms with Crippen molar-refractivity contribution in [3.8, 4) is 0 Å². The first kappa shape index (κ1) is 57.9. The lowest BCUT2D eigenvalue weighted by Gasteiger charge is -2.69. The third kappa shape index (κ3) is 9.59. The van der Waals surface area contributed by atoms with Crippen LogP contribution in [0.4, 0.5) is 0 Å². The van der Waals surface area contributed by atoms with Crippen LogP contribution < -0.4 is 0 Å². The Morgan fingerprint density at radius 3 is 1.24 bits per heavy atom. The number of carboxylic acids is 2. The lowest BCUT2D eigenvalue weighted by Crippen LogP contribution is -2.66. The summed E-state index contributed by atoms with van der Waals surface area (Å²) >= 11 is 0. The van der Waals surface area contributed by atoms with Crippen LogP contribution in [0.1, 0.15) is 200 Å². The molecule has 8 fully saturated rings. The number of allylic oxidation sites excluding steroid dienone is 4. The van der Waals surface area contributed by atoms with E-state index < -0.39 is 59.1 Å². The van der Waals surface area contributed by atoms with E-state index in [0.29, 0.717) is 85.5 Å². The van der Waals surface area contributed by atoms with Gasteiger partial charge in [-0.3, -0.25) is 9.59 Å². The predicted molar refractivity (Wildman–Crippen MR) is 289 cm³/mol. The molecule has 20 unspecified atom stereocenters. The Hall–Kier alpha value is -3.26. The average Bonchev–Trinajstić information content (AvgIpc) is 3.73. The van der Waals surface area contributed by atoms with Gasteiger partial charge in [-0.2, -0.15) is 0 Å². The second-order valence-electron chi connectivity index (χ2n) is 27.6. The minimum atomic E-state index is -0.973. The molecular weight excluding hydrogens is 947 g/mol. The minimum absolute atomic E-state index is 0.0295. The highest BCUT2D eigenvalue weighted by atomic mass is 16.6. The molecule has 1 radical (unpaired) electrons. The molecular formula is C62H94BO12. The normalized spacial score (nSPS) is 46.0. The Balaban J connectivity index is 0.948. The largest absolute Gasteiger partial charge is 0.488 e. The van der Waals surface area contributed by atoms with E-state index in [-0.39, 0.29) is 69.4 Å². The molecule has 0 amide bonds. The fourth-order valence-electron chi connectivity index (χ4n) is 20.1. The number of rotatable bonds is 14. The summed E-state index contributed by atoms with van der Waals surface area (Å²) in [5.41, 5.74) is 2.48. The van der Waals surface area contributed by atoms with Crippen LogP contribution in [0.5, 0.6) is 0 Å². The monoisotopic (exact) mass is 1040 g/mol. The zero-order chi connectivity index (χ0) is 55.1. The van der Waals surface area contributed by atoms with Gasteiger partial charge in [0.15, 0.2) is 0 Å². The van der Waals surface area contributed by atoms with E-state index in [0.717, 1.165) is 62.5 Å². The molecule has 0 saturated heterocycles. The molecule has 0 aromatic rings. The van der Waals surface area contributed by atoms with Gasteiger partial charge in [0.25, 0.3) is 0 Å². The summed E-state index contributed by atoms with van der Waals surface area (Å²) in [5.74, 6) is -2.30. The Morgan fingerprint density at radius 1 is 0.560 bits per heavy atom. The van der Waals surface area contributed by atoms with Gasteiger partial charge in [0.1, 0.15) is 12.2 Å². The van der Waals surface area contributed by atoms with E-state index in [2.05, 4.69) is 67.5 Å². The first-order valence-electron chi connectivity index (χ1n) is 29.0. The van der Waals surface area contributed by atoms with E-state index >= 15 is 0 Å². The number of carbonyl (C=O) groups excluding carboxylic acids is 2. The van der Waals surface area contributed by atoms with E-state index in [9.17, 15) is 39.6 Å². The maximum Gasteiger partial charge on any atom is 0.488 e. The Labute approximate surface area is 450 Å². The van der Waals surface area contributed by atoms with Crippen molar-refractivity contribution in [1.82, 2.24) is 0 Å². The number of fused-ring (bicyclic) bond motifs is 10. The molecule has 75 heavy (non-hydrogen) atoms. The topological polar surface area (TPSA) is 186 Å². The van der Waals surface area contributed by atoms with Crippen LogP contribution in [0, 0.1) is 79.8 Å². The van der Waals surface area contributed by atoms with Gasteiger partial charge in [-0.15, -0.1) is 0 Å². The maximum absolute atomic E-state index is 13.0. The van der Waals surface area contributed by atoms with E-state index in [1.165, 1.54) is 13.8 Å². The molecule has 8 saturated carbocycles. The third-order valence-corrected chi connectivity index (χ3v) is 23.5. The molecule has 0 heterocycles. The number of carbonyl (C=O) groups is 4. The third-order valence-electron chi connectivity index (χ3n) is 23.5. The van der Waals surface area contributed by atoms with Crippen molar-refractivity contribution in [3.05, 3.63) is 45.6 Å². The van der Waals surface area contributed by atoms with Crippen LogP contribution in [-0.4, -0.2) is 88.6 Å². The van der Waals surface area contributed by atoms with E-state index in [1.807, 2.05) is 27.7 Å². The van der Waals surface area contributed by atoms with E-state index in [1.54, 1.807) is 7.69 Å². The summed E-state index contributed by atoms with van der Waals surface area (Å²) in [6.45, 7) is 29.5. The molecule has 8 rings (SSSR count). The average molecular weight is 1040 g/mol. The number of aliphatic hydroxyl groups is 2. The van der Waals surface area contributed by atoms with Gasteiger partial charge >= 0.3 is 31.6 Å². The molecule has 0 aromatic heterocycles. The maximum atomic E-state index is 13.0. The molecule has 0 spiro atoms. The Bertz CT molecular complexity index is 2200. The minimum Gasteiger partial charge on any atom is -0.478 e. The zero-order valence-electron chi connectivity index (χ0n) is 48.2. The molecule has 0 bridgehead atoms. The van der Waals surface area contributed by atoms with Crippen molar-refractivity contribution < 1.29 is 58.4 Å². The summed E-state index contributed by atoms with van der Waals surface area (Å²) < 4.78 is 25.5. The second-order valence-corrected chi connectivity index (χ2v) is 27.6. The van der Waals surface area contributed by atoms with Crippen LogP contribution in [0.15, 0.2) is 45.6 Å². The first-order chi connectivity index (χ1) is 35.0. The van der Waals surface area contributed by atoms with Crippen molar-refractivity contribution >= 4 is 31.6 Å². The van der Waals surface area contributed by atoms with Gasteiger partial charge in [-0.25, -0.2) is 9.59 Å². The standard InChI is InChI=1S/C62H94BO12/c1-33(2)17-15-19-39(55(68)69)51-43-29-45(66)53-57(9)25-23-47(35(5)41(57)21-27-59(53,11)61(43,13)31-49(51)72-37(7)64)74-63-75-48-24-26-58(10)42(36(48)6)22-28-60(12)54(58)46(67)30-44-52(40(56(70)71)20-16-18-34(3)4)50(73-38(8)65)32-62(44,60)14/h17-18,35-36,41-50,53-54,66-67H,15-16,19-32H2,1-14H3,(H,68,69)(H,70,71)/b51-39-,52-40-. The van der Waals surface area contributed by atoms with Crippen LogP contribution >= 0.6 is 0 Å². The van der Waals surface area contributed by atoms with Crippen LogP contribution in [0.3, 0.4) is 0 Å². The summed E-state index contributed by atoms with van der Waals surface area (Å²) in [6, 6.07) is 0. The molecule has 0 aromatic carbocycles. The second kappa shape index (κ2) is 21.1. The summed E-state index contributed by atoms with van der Waals surface area (Å²) in [5, 5.41) is 46.4. The molecule has 8 aliphatic rings. The Morgan fingerprint density at radius 2 is 0.920 bits per heavy atom. The van der Waals surface area contributed by atoms with Gasteiger partial charge in [0.2, 0.25) is 0 Å². The molecule has 4 N–H and O–H groups in total. The number of hydrogen-bond donors (Lipinski definition) is 4. The smallest absolute Gasteiger partial charge is 0.478 e. The number of aliphatic carboxylic acids is 2. The lowest BCUT2D eigenvalue weighted by atomic mass is 9.36. The molecule has 0 aliphatic heterocycles. The van der Waals surface area contributed by atoms with Gasteiger partial charge in [0, 0.05) is 37.2 Å². The van der Waals surface area contributed by atoms with Gasteiger partial charge in [-0.1, -0.05) is 78.7 Å². The van der Waals surface area contributed by atoms with Crippen molar-refractivity contribution in [3.63, 3.8) is 0 Å². The first-order valence-corrected chi connectivity index (χ1v) is 29.0. The predicted octanol–water partition coefficient (Wildman–Crippen LogP) is 11.9. The van der Waals surface area contributed by atoms with Crippen LogP contribution in [0.2, 0.25) is 0 Å². The number of ether oxygens (including phenoxy) is 2. The summed E-state index contributed by atoms with van der Waals surface area (Å²) in [6.07, 6.45) is 12.3. The van der Waals surface area contributed by atoms with Crippen LogP contribution in [0.25, 0.3) is 0 Å².